The Morgan fingerprint density at radius 1 is 1.03 bits per heavy atom. The van der Waals surface area contributed by atoms with Gasteiger partial charge < -0.3 is 25.0 Å². The number of aliphatic hydroxyl groups is 1. The summed E-state index contributed by atoms with van der Waals surface area (Å²) in [5.41, 5.74) is 6.38. The van der Waals surface area contributed by atoms with Gasteiger partial charge in [-0.15, -0.1) is 0 Å². The lowest BCUT2D eigenvalue weighted by Gasteiger charge is -2.28. The molecule has 0 saturated heterocycles. The molecule has 0 aromatic heterocycles. The van der Waals surface area contributed by atoms with Crippen LogP contribution in [0.5, 0.6) is 11.5 Å². The number of hydrogen-bond acceptors (Lipinski definition) is 6. The van der Waals surface area contributed by atoms with E-state index in [1.165, 1.54) is 11.8 Å². The molecule has 2 unspecified atom stereocenters. The van der Waals surface area contributed by atoms with Crippen LogP contribution in [-0.2, 0) is 11.2 Å². The van der Waals surface area contributed by atoms with Crippen LogP contribution in [0.1, 0.15) is 38.2 Å². The highest BCUT2D eigenvalue weighted by atomic mass is 35.5. The minimum atomic E-state index is -4.00. The molecule has 9 heteroatoms. The molecule has 0 heterocycles. The van der Waals surface area contributed by atoms with Crippen LogP contribution < -0.4 is 15.0 Å². The topological polar surface area (TPSA) is 102 Å². The zero-order chi connectivity index (χ0) is 26.0. The second kappa shape index (κ2) is 13.5. The number of ether oxygens (including phenoxy) is 1. The largest absolute Gasteiger partial charge is 0.489 e. The van der Waals surface area contributed by atoms with Crippen molar-refractivity contribution in [3.63, 3.8) is 0 Å². The lowest BCUT2D eigenvalue weighted by atomic mass is 9.92. The van der Waals surface area contributed by atoms with E-state index in [0.717, 1.165) is 33.9 Å². The Balaban J connectivity index is 1.59. The van der Waals surface area contributed by atoms with Gasteiger partial charge in [-0.3, -0.25) is 0 Å². The van der Waals surface area contributed by atoms with Crippen molar-refractivity contribution in [2.75, 3.05) is 12.8 Å². The van der Waals surface area contributed by atoms with Gasteiger partial charge in [-0.2, -0.15) is 0 Å². The number of unbranched alkanes of at least 4 members (excludes halogenated alkanes) is 1. The average molecular weight is 550 g/mol. The van der Waals surface area contributed by atoms with Crippen LogP contribution in [0.15, 0.2) is 82.6 Å². The fourth-order valence-corrected chi connectivity index (χ4v) is 6.03. The fourth-order valence-electron chi connectivity index (χ4n) is 3.50. The SMILES string of the molecule is CCCCC(N)(CO)CCP(=O)(O)Oc1ccc(Sc2cccc(OCc3ccccc3)c2)cc1Cl. The fraction of sp³-hybridized carbons (Fsp3) is 0.333. The van der Waals surface area contributed by atoms with Gasteiger partial charge in [-0.1, -0.05) is 79.5 Å². The molecule has 0 bridgehead atoms. The van der Waals surface area contributed by atoms with Gasteiger partial charge >= 0.3 is 7.60 Å². The summed E-state index contributed by atoms with van der Waals surface area (Å²) in [7, 11) is -4.00. The summed E-state index contributed by atoms with van der Waals surface area (Å²) in [6, 6.07) is 22.8. The number of nitrogens with two attached hydrogens (primary N) is 1. The molecule has 6 nitrogen and oxygen atoms in total. The summed E-state index contributed by atoms with van der Waals surface area (Å²) in [5, 5.41) is 9.86. The van der Waals surface area contributed by atoms with Gasteiger partial charge in [-0.25, -0.2) is 4.57 Å². The number of halogens is 1. The zero-order valence-corrected chi connectivity index (χ0v) is 22.8. The molecule has 0 aliphatic rings. The van der Waals surface area contributed by atoms with Crippen molar-refractivity contribution in [3.8, 4) is 11.5 Å². The third-order valence-electron chi connectivity index (χ3n) is 5.67. The Bertz CT molecular complexity index is 1170. The number of rotatable bonds is 14. The quantitative estimate of drug-likeness (QED) is 0.188. The molecular formula is C27H33ClNO5PS. The van der Waals surface area contributed by atoms with E-state index in [1.54, 1.807) is 18.2 Å². The van der Waals surface area contributed by atoms with Crippen molar-refractivity contribution in [1.29, 1.82) is 0 Å². The number of aliphatic hydroxyl groups excluding tert-OH is 1. The van der Waals surface area contributed by atoms with Crippen LogP contribution in [0.25, 0.3) is 0 Å². The lowest BCUT2D eigenvalue weighted by molar-refractivity contribution is 0.179. The van der Waals surface area contributed by atoms with Crippen LogP contribution in [0.4, 0.5) is 0 Å². The first kappa shape index (κ1) is 28.6. The Kier molecular flexibility index (Phi) is 10.7. The first-order valence-corrected chi connectivity index (χ1v) is 14.8. The van der Waals surface area contributed by atoms with Crippen molar-refractivity contribution in [2.45, 2.75) is 54.5 Å². The molecule has 0 radical (unpaired) electrons. The molecule has 194 valence electrons. The van der Waals surface area contributed by atoms with Crippen LogP contribution in [0, 0.1) is 0 Å². The third kappa shape index (κ3) is 9.15. The Hall–Kier alpha value is -1.99. The van der Waals surface area contributed by atoms with Crippen LogP contribution in [-0.4, -0.2) is 28.3 Å². The number of benzene rings is 3. The minimum Gasteiger partial charge on any atom is -0.489 e. The summed E-state index contributed by atoms with van der Waals surface area (Å²) in [4.78, 5) is 12.2. The molecule has 3 rings (SSSR count). The van der Waals surface area contributed by atoms with Crippen LogP contribution >= 0.6 is 31.0 Å². The van der Waals surface area contributed by atoms with Crippen molar-refractivity contribution in [3.05, 3.63) is 83.4 Å². The summed E-state index contributed by atoms with van der Waals surface area (Å²) in [5.74, 6) is 0.890. The molecule has 0 aliphatic heterocycles. The maximum atomic E-state index is 12.7. The van der Waals surface area contributed by atoms with Gasteiger partial charge in [-0.05, 0) is 54.8 Å². The second-order valence-electron chi connectivity index (χ2n) is 8.77. The maximum Gasteiger partial charge on any atom is 0.376 e. The van der Waals surface area contributed by atoms with Gasteiger partial charge in [0.2, 0.25) is 0 Å². The summed E-state index contributed by atoms with van der Waals surface area (Å²) >= 11 is 7.87. The molecular weight excluding hydrogens is 517 g/mol. The standard InChI is InChI=1S/C27H33ClNO5PS/c1-2-3-14-27(29,20-30)15-16-35(31,32)34-26-13-12-24(18-25(26)28)36-23-11-7-10-22(17-23)33-19-21-8-5-4-6-9-21/h4-13,17-18,30H,2-3,14-16,19-20,29H2,1H3,(H,31,32). The molecule has 36 heavy (non-hydrogen) atoms. The predicted molar refractivity (Wildman–Crippen MR) is 146 cm³/mol. The van der Waals surface area contributed by atoms with E-state index in [4.69, 9.17) is 26.6 Å². The maximum absolute atomic E-state index is 12.7. The van der Waals surface area contributed by atoms with Gasteiger partial charge in [0.15, 0.2) is 0 Å². The highest BCUT2D eigenvalue weighted by molar-refractivity contribution is 7.99. The summed E-state index contributed by atoms with van der Waals surface area (Å²) in [6.07, 6.45) is 2.34. The van der Waals surface area contributed by atoms with Crippen LogP contribution in [0.2, 0.25) is 5.02 Å². The third-order valence-corrected chi connectivity index (χ3v) is 8.21. The van der Waals surface area contributed by atoms with Crippen molar-refractivity contribution < 1.29 is 23.8 Å². The Labute approximate surface area is 222 Å². The average Bonchev–Trinajstić information content (AvgIpc) is 2.88. The molecule has 0 spiro atoms. The van der Waals surface area contributed by atoms with E-state index in [-0.39, 0.29) is 30.0 Å². The minimum absolute atomic E-state index is 0.131. The predicted octanol–water partition coefficient (Wildman–Crippen LogP) is 6.90. The first-order valence-electron chi connectivity index (χ1n) is 11.9. The highest BCUT2D eigenvalue weighted by Gasteiger charge is 2.30. The summed E-state index contributed by atoms with van der Waals surface area (Å²) < 4.78 is 24.0. The van der Waals surface area contributed by atoms with Gasteiger partial charge in [0.1, 0.15) is 18.1 Å². The van der Waals surface area contributed by atoms with E-state index in [0.29, 0.717) is 13.0 Å². The van der Waals surface area contributed by atoms with Crippen LogP contribution in [0.3, 0.4) is 0 Å². The Morgan fingerprint density at radius 3 is 2.47 bits per heavy atom. The summed E-state index contributed by atoms with van der Waals surface area (Å²) in [6.45, 7) is 2.26. The highest BCUT2D eigenvalue weighted by Crippen LogP contribution is 2.47. The van der Waals surface area contributed by atoms with Gasteiger partial charge in [0.25, 0.3) is 0 Å². The van der Waals surface area contributed by atoms with Gasteiger partial charge in [0.05, 0.1) is 17.8 Å². The van der Waals surface area contributed by atoms with Crippen molar-refractivity contribution >= 4 is 31.0 Å². The molecule has 3 aromatic carbocycles. The monoisotopic (exact) mass is 549 g/mol. The Morgan fingerprint density at radius 2 is 1.78 bits per heavy atom. The van der Waals surface area contributed by atoms with E-state index in [9.17, 15) is 14.6 Å². The normalized spacial score (nSPS) is 14.6. The molecule has 2 atom stereocenters. The van der Waals surface area contributed by atoms with Gasteiger partial charge in [0, 0.05) is 15.3 Å². The van der Waals surface area contributed by atoms with E-state index in [2.05, 4.69) is 0 Å². The van der Waals surface area contributed by atoms with E-state index in [1.807, 2.05) is 61.5 Å². The smallest absolute Gasteiger partial charge is 0.376 e. The molecule has 0 fully saturated rings. The first-order chi connectivity index (χ1) is 17.2. The molecule has 3 aromatic rings. The van der Waals surface area contributed by atoms with Crippen molar-refractivity contribution in [2.24, 2.45) is 5.73 Å². The van der Waals surface area contributed by atoms with E-state index < -0.39 is 13.1 Å². The zero-order valence-electron chi connectivity index (χ0n) is 20.3. The van der Waals surface area contributed by atoms with Crippen molar-refractivity contribution in [1.82, 2.24) is 0 Å². The lowest BCUT2D eigenvalue weighted by Crippen LogP contribution is -2.44. The molecule has 0 amide bonds. The number of hydrogen-bond donors (Lipinski definition) is 3. The molecule has 0 aliphatic carbocycles. The second-order valence-corrected chi connectivity index (χ2v) is 12.2. The molecule has 0 saturated carbocycles. The molecule has 4 N–H and O–H groups in total. The van der Waals surface area contributed by atoms with E-state index >= 15 is 0 Å².